The molecular weight excluding hydrogens is 208 g/mol. The molecule has 0 fully saturated rings. The van der Waals surface area contributed by atoms with Crippen LogP contribution in [0.3, 0.4) is 0 Å². The van der Waals surface area contributed by atoms with Crippen molar-refractivity contribution < 1.29 is 32.0 Å². The summed E-state index contributed by atoms with van der Waals surface area (Å²) in [7, 11) is 0. The van der Waals surface area contributed by atoms with E-state index in [9.17, 15) is 9.90 Å². The molecular formula is C8H13ClN2O3. The normalized spacial score (nSPS) is 11.6. The first-order valence-corrected chi connectivity index (χ1v) is 4.07. The summed E-state index contributed by atoms with van der Waals surface area (Å²) >= 11 is 0. The molecule has 0 aliphatic rings. The molecule has 1 unspecified atom stereocenters. The van der Waals surface area contributed by atoms with Gasteiger partial charge < -0.3 is 22.3 Å². The third-order valence-electron chi connectivity index (χ3n) is 1.70. The van der Waals surface area contributed by atoms with Gasteiger partial charge in [-0.05, 0) is 6.92 Å². The van der Waals surface area contributed by atoms with Crippen LogP contribution in [-0.2, 0) is 9.53 Å². The summed E-state index contributed by atoms with van der Waals surface area (Å²) in [5.41, 5.74) is 1.17. The number of aryl methyl sites for hydroxylation is 1. The Morgan fingerprint density at radius 2 is 2.43 bits per heavy atom. The zero-order chi connectivity index (χ0) is 9.84. The van der Waals surface area contributed by atoms with Crippen LogP contribution in [0.1, 0.15) is 24.4 Å². The number of carbonyl (C=O) groups is 1. The lowest BCUT2D eigenvalue weighted by molar-refractivity contribution is -0.395. The fourth-order valence-corrected chi connectivity index (χ4v) is 1.03. The van der Waals surface area contributed by atoms with E-state index in [4.69, 9.17) is 0 Å². The molecule has 0 saturated carbocycles. The van der Waals surface area contributed by atoms with Crippen LogP contribution in [0.4, 0.5) is 0 Å². The molecule has 0 spiro atoms. The van der Waals surface area contributed by atoms with Crippen LogP contribution in [-0.4, -0.2) is 22.7 Å². The van der Waals surface area contributed by atoms with Crippen molar-refractivity contribution in [2.24, 2.45) is 0 Å². The number of aliphatic hydroxyl groups excluding tert-OH is 1. The average molecular weight is 221 g/mol. The summed E-state index contributed by atoms with van der Waals surface area (Å²) in [4.78, 5) is 16.6. The summed E-state index contributed by atoms with van der Waals surface area (Å²) in [6.45, 7) is 3.71. The Labute approximate surface area is 87.9 Å². The van der Waals surface area contributed by atoms with Crippen LogP contribution in [0, 0.1) is 6.92 Å². The number of carbonyl (C=O) groups excluding carboxylic acids is 1. The van der Waals surface area contributed by atoms with E-state index in [1.54, 1.807) is 20.2 Å². The first-order chi connectivity index (χ1) is 6.16. The maximum atomic E-state index is 11.1. The molecule has 0 saturated heterocycles. The molecule has 0 bridgehead atoms. The van der Waals surface area contributed by atoms with Crippen molar-refractivity contribution in [2.75, 3.05) is 6.61 Å². The number of esters is 1. The highest BCUT2D eigenvalue weighted by molar-refractivity contribution is 5.75. The molecule has 0 aromatic carbocycles. The summed E-state index contributed by atoms with van der Waals surface area (Å²) < 4.78 is 4.66. The Morgan fingerprint density at radius 1 is 1.79 bits per heavy atom. The third-order valence-corrected chi connectivity index (χ3v) is 1.70. The van der Waals surface area contributed by atoms with Gasteiger partial charge in [-0.15, -0.1) is 0 Å². The van der Waals surface area contributed by atoms with Gasteiger partial charge in [-0.1, -0.05) is 0 Å². The van der Waals surface area contributed by atoms with Crippen LogP contribution in [0.2, 0.25) is 0 Å². The molecule has 0 amide bonds. The maximum Gasteiger partial charge on any atom is 0.343 e. The number of rotatable bonds is 3. The molecule has 6 heteroatoms. The van der Waals surface area contributed by atoms with E-state index in [0.717, 1.165) is 5.69 Å². The quantitative estimate of drug-likeness (QED) is 0.525. The fourth-order valence-electron chi connectivity index (χ4n) is 1.03. The summed E-state index contributed by atoms with van der Waals surface area (Å²) in [6.07, 6.45) is 0.318. The van der Waals surface area contributed by atoms with Crippen molar-refractivity contribution >= 4 is 5.97 Å². The van der Waals surface area contributed by atoms with Gasteiger partial charge in [-0.3, -0.25) is 0 Å². The van der Waals surface area contributed by atoms with Crippen LogP contribution < -0.4 is 17.4 Å². The molecule has 1 heterocycles. The highest BCUT2D eigenvalue weighted by atomic mass is 35.5. The Morgan fingerprint density at radius 3 is 2.86 bits per heavy atom. The van der Waals surface area contributed by atoms with Crippen molar-refractivity contribution in [1.29, 1.82) is 0 Å². The van der Waals surface area contributed by atoms with E-state index in [0.29, 0.717) is 5.69 Å². The number of halogens is 1. The standard InChI is InChI=1S/C8H12N2O3.ClH/c1-3-13-8(12)7(11)6-5(2)9-4-10-6;/h4,7,11H,3H2,1-2H3,(H,9,10);1H. The van der Waals surface area contributed by atoms with Crippen LogP contribution in [0.5, 0.6) is 0 Å². The zero-order valence-corrected chi connectivity index (χ0v) is 8.76. The summed E-state index contributed by atoms with van der Waals surface area (Å²) in [5, 5.41) is 9.46. The molecule has 3 N–H and O–H groups in total. The number of aliphatic hydroxyl groups is 1. The van der Waals surface area contributed by atoms with Crippen molar-refractivity contribution in [3.05, 3.63) is 17.7 Å². The van der Waals surface area contributed by atoms with Crippen molar-refractivity contribution in [3.63, 3.8) is 0 Å². The van der Waals surface area contributed by atoms with Gasteiger partial charge in [0.1, 0.15) is 5.69 Å². The SMILES string of the molecule is CCOC(=O)C(O)c1[nH+]c[nH]c1C.[Cl-]. The average Bonchev–Trinajstić information content (AvgIpc) is 2.50. The Balaban J connectivity index is 0.00000169. The van der Waals surface area contributed by atoms with Crippen LogP contribution >= 0.6 is 0 Å². The zero-order valence-electron chi connectivity index (χ0n) is 8.00. The molecule has 0 radical (unpaired) electrons. The van der Waals surface area contributed by atoms with E-state index in [1.165, 1.54) is 0 Å². The molecule has 1 rings (SSSR count). The van der Waals surface area contributed by atoms with E-state index in [-0.39, 0.29) is 19.0 Å². The fraction of sp³-hybridized carbons (Fsp3) is 0.500. The molecule has 1 aromatic heterocycles. The van der Waals surface area contributed by atoms with Crippen LogP contribution in [0.15, 0.2) is 6.33 Å². The number of imidazole rings is 1. The lowest BCUT2D eigenvalue weighted by Gasteiger charge is -2.05. The van der Waals surface area contributed by atoms with Crippen molar-refractivity contribution in [3.8, 4) is 0 Å². The number of hydrogen-bond donors (Lipinski definition) is 2. The van der Waals surface area contributed by atoms with E-state index >= 15 is 0 Å². The molecule has 0 aliphatic heterocycles. The number of hydrogen-bond acceptors (Lipinski definition) is 3. The third kappa shape index (κ3) is 2.71. The lowest BCUT2D eigenvalue weighted by atomic mass is 10.2. The van der Waals surface area contributed by atoms with Gasteiger partial charge in [0.25, 0.3) is 0 Å². The smallest absolute Gasteiger partial charge is 0.343 e. The van der Waals surface area contributed by atoms with Gasteiger partial charge in [0.05, 0.1) is 6.61 Å². The highest BCUT2D eigenvalue weighted by Gasteiger charge is 2.25. The number of aromatic amines is 2. The second-order valence-corrected chi connectivity index (χ2v) is 2.63. The number of aromatic nitrogens is 2. The van der Waals surface area contributed by atoms with E-state index < -0.39 is 12.1 Å². The lowest BCUT2D eigenvalue weighted by Crippen LogP contribution is -3.00. The molecule has 0 aliphatic carbocycles. The van der Waals surface area contributed by atoms with Gasteiger partial charge in [-0.25, -0.2) is 14.8 Å². The Bertz CT molecular complexity index is 301. The molecule has 14 heavy (non-hydrogen) atoms. The maximum absolute atomic E-state index is 11.1. The first kappa shape index (κ1) is 12.9. The molecule has 5 nitrogen and oxygen atoms in total. The van der Waals surface area contributed by atoms with E-state index in [1.807, 2.05) is 0 Å². The largest absolute Gasteiger partial charge is 1.00 e. The number of H-pyrrole nitrogens is 2. The minimum absolute atomic E-state index is 0. The second kappa shape index (κ2) is 5.62. The first-order valence-electron chi connectivity index (χ1n) is 4.07. The van der Waals surface area contributed by atoms with Crippen molar-refractivity contribution in [1.82, 2.24) is 4.98 Å². The van der Waals surface area contributed by atoms with Gasteiger partial charge in [0.15, 0.2) is 5.69 Å². The highest BCUT2D eigenvalue weighted by Crippen LogP contribution is 2.11. The predicted octanol–water partition coefficient (Wildman–Crippen LogP) is -3.26. The molecule has 1 aromatic rings. The summed E-state index contributed by atoms with van der Waals surface area (Å²) in [5.74, 6) is -0.638. The Kier molecular flexibility index (Phi) is 5.19. The van der Waals surface area contributed by atoms with Gasteiger partial charge in [0, 0.05) is 6.92 Å². The summed E-state index contributed by atoms with van der Waals surface area (Å²) in [6, 6.07) is 0. The monoisotopic (exact) mass is 220 g/mol. The molecule has 1 atom stereocenters. The van der Waals surface area contributed by atoms with E-state index in [2.05, 4.69) is 14.7 Å². The Hall–Kier alpha value is -1.07. The predicted molar refractivity (Wildman–Crippen MR) is 43.7 cm³/mol. The molecule has 80 valence electrons. The van der Waals surface area contributed by atoms with Crippen LogP contribution in [0.25, 0.3) is 0 Å². The minimum Gasteiger partial charge on any atom is -1.00 e. The number of ether oxygens (including phenoxy) is 1. The minimum atomic E-state index is -1.23. The van der Waals surface area contributed by atoms with Crippen molar-refractivity contribution in [2.45, 2.75) is 20.0 Å². The number of nitrogens with one attached hydrogen (secondary N) is 2. The topological polar surface area (TPSA) is 76.5 Å². The van der Waals surface area contributed by atoms with Gasteiger partial charge in [0.2, 0.25) is 12.4 Å². The second-order valence-electron chi connectivity index (χ2n) is 2.63. The van der Waals surface area contributed by atoms with Gasteiger partial charge in [-0.2, -0.15) is 0 Å². The van der Waals surface area contributed by atoms with Gasteiger partial charge >= 0.3 is 5.97 Å².